The lowest BCUT2D eigenvalue weighted by molar-refractivity contribution is 0.574. The fraction of sp³-hybridized carbons (Fsp3) is 0.308. The number of anilines is 1. The Morgan fingerprint density at radius 1 is 1.48 bits per heavy atom. The summed E-state index contributed by atoms with van der Waals surface area (Å²) in [4.78, 5) is 4.29. The molecule has 0 saturated heterocycles. The summed E-state index contributed by atoms with van der Waals surface area (Å²) in [5.74, 6) is 0.00511. The third kappa shape index (κ3) is 3.74. The molecule has 1 aromatic heterocycles. The van der Waals surface area contributed by atoms with Crippen LogP contribution in [0, 0.1) is 6.92 Å². The van der Waals surface area contributed by atoms with Crippen LogP contribution < -0.4 is 10.5 Å². The molecule has 1 aromatic carbocycles. The Bertz CT molecular complexity index is 707. The Hall–Kier alpha value is -1.15. The Balaban J connectivity index is 2.15. The molecular formula is C13H16ClN3O2S2. The van der Waals surface area contributed by atoms with Gasteiger partial charge in [0.15, 0.2) is 0 Å². The third-order valence-corrected chi connectivity index (χ3v) is 5.95. The maximum atomic E-state index is 12.3. The van der Waals surface area contributed by atoms with E-state index in [0.717, 1.165) is 5.01 Å². The van der Waals surface area contributed by atoms with Crippen molar-refractivity contribution in [3.8, 4) is 0 Å². The van der Waals surface area contributed by atoms with Crippen molar-refractivity contribution in [2.45, 2.75) is 24.7 Å². The molecule has 1 unspecified atom stereocenters. The van der Waals surface area contributed by atoms with Crippen LogP contribution in [0.4, 0.5) is 5.69 Å². The molecule has 5 nitrogen and oxygen atoms in total. The van der Waals surface area contributed by atoms with Gasteiger partial charge in [-0.05, 0) is 24.6 Å². The number of nitrogens with two attached hydrogens (primary N) is 1. The Morgan fingerprint density at radius 3 is 2.76 bits per heavy atom. The lowest BCUT2D eigenvalue weighted by Gasteiger charge is -2.12. The Labute approximate surface area is 133 Å². The predicted molar refractivity (Wildman–Crippen MR) is 86.3 cm³/mol. The van der Waals surface area contributed by atoms with Gasteiger partial charge in [0, 0.05) is 24.0 Å². The molecule has 21 heavy (non-hydrogen) atoms. The van der Waals surface area contributed by atoms with Crippen molar-refractivity contribution in [3.63, 3.8) is 0 Å². The average Bonchev–Trinajstić information content (AvgIpc) is 2.95. The summed E-state index contributed by atoms with van der Waals surface area (Å²) < 4.78 is 27.2. The van der Waals surface area contributed by atoms with E-state index in [2.05, 4.69) is 9.71 Å². The zero-order valence-electron chi connectivity index (χ0n) is 11.6. The molecule has 0 aliphatic carbocycles. The first-order chi connectivity index (χ1) is 9.81. The van der Waals surface area contributed by atoms with E-state index in [9.17, 15) is 8.42 Å². The average molecular weight is 346 g/mol. The second kappa shape index (κ2) is 6.31. The second-order valence-corrected chi connectivity index (χ2v) is 7.84. The molecule has 0 aliphatic heterocycles. The summed E-state index contributed by atoms with van der Waals surface area (Å²) in [6, 6.07) is 2.88. The van der Waals surface area contributed by atoms with Crippen LogP contribution in [-0.2, 0) is 10.0 Å². The molecule has 0 amide bonds. The summed E-state index contributed by atoms with van der Waals surface area (Å²) in [5, 5.41) is 3.14. The van der Waals surface area contributed by atoms with E-state index in [1.165, 1.54) is 23.5 Å². The maximum Gasteiger partial charge on any atom is 0.240 e. The van der Waals surface area contributed by atoms with E-state index in [1.807, 2.05) is 12.3 Å². The maximum absolute atomic E-state index is 12.3. The number of rotatable bonds is 5. The molecule has 2 rings (SSSR count). The van der Waals surface area contributed by atoms with Crippen LogP contribution in [0.5, 0.6) is 0 Å². The molecule has 1 heterocycles. The Morgan fingerprint density at radius 2 is 2.19 bits per heavy atom. The molecule has 0 saturated carbocycles. The third-order valence-electron chi connectivity index (χ3n) is 3.02. The van der Waals surface area contributed by atoms with Gasteiger partial charge in [0.25, 0.3) is 0 Å². The number of nitrogen functional groups attached to an aromatic ring is 1. The number of hydrogen-bond acceptors (Lipinski definition) is 5. The van der Waals surface area contributed by atoms with Gasteiger partial charge in [-0.25, -0.2) is 18.1 Å². The van der Waals surface area contributed by atoms with Gasteiger partial charge in [0.2, 0.25) is 10.0 Å². The van der Waals surface area contributed by atoms with E-state index >= 15 is 0 Å². The molecule has 0 spiro atoms. The number of nitrogens with one attached hydrogen (secondary N) is 1. The highest BCUT2D eigenvalue weighted by Crippen LogP contribution is 2.27. The van der Waals surface area contributed by atoms with Gasteiger partial charge < -0.3 is 5.73 Å². The molecule has 0 bridgehead atoms. The molecule has 0 aliphatic rings. The quantitative estimate of drug-likeness (QED) is 0.816. The molecule has 0 radical (unpaired) electrons. The number of benzene rings is 1. The van der Waals surface area contributed by atoms with Crippen molar-refractivity contribution in [2.24, 2.45) is 0 Å². The summed E-state index contributed by atoms with van der Waals surface area (Å²) in [5.41, 5.74) is 6.60. The molecule has 8 heteroatoms. The zero-order chi connectivity index (χ0) is 15.6. The number of aryl methyl sites for hydroxylation is 1. The highest BCUT2D eigenvalue weighted by molar-refractivity contribution is 7.89. The highest BCUT2D eigenvalue weighted by Gasteiger charge is 2.18. The second-order valence-electron chi connectivity index (χ2n) is 4.77. The summed E-state index contributed by atoms with van der Waals surface area (Å²) >= 11 is 7.45. The van der Waals surface area contributed by atoms with Crippen molar-refractivity contribution in [3.05, 3.63) is 39.3 Å². The van der Waals surface area contributed by atoms with Crippen molar-refractivity contribution in [1.29, 1.82) is 0 Å². The van der Waals surface area contributed by atoms with Gasteiger partial charge in [0.05, 0.1) is 20.6 Å². The van der Waals surface area contributed by atoms with Crippen molar-refractivity contribution >= 4 is 38.6 Å². The Kier molecular flexibility index (Phi) is 4.88. The summed E-state index contributed by atoms with van der Waals surface area (Å²) in [6.07, 6.45) is 1.70. The highest BCUT2D eigenvalue weighted by atomic mass is 35.5. The van der Waals surface area contributed by atoms with Crippen molar-refractivity contribution in [2.75, 3.05) is 12.3 Å². The predicted octanol–water partition coefficient (Wildman–Crippen LogP) is 2.77. The van der Waals surface area contributed by atoms with Crippen LogP contribution in [0.3, 0.4) is 0 Å². The van der Waals surface area contributed by atoms with E-state index in [-0.39, 0.29) is 23.0 Å². The van der Waals surface area contributed by atoms with Gasteiger partial charge in [-0.3, -0.25) is 0 Å². The normalized spacial score (nSPS) is 13.3. The van der Waals surface area contributed by atoms with Crippen molar-refractivity contribution in [1.82, 2.24) is 9.71 Å². The molecule has 114 valence electrons. The van der Waals surface area contributed by atoms with Gasteiger partial charge in [-0.2, -0.15) is 0 Å². The number of thiazole rings is 1. The zero-order valence-corrected chi connectivity index (χ0v) is 14.0. The van der Waals surface area contributed by atoms with Crippen LogP contribution in [-0.4, -0.2) is 19.9 Å². The topological polar surface area (TPSA) is 85.1 Å². The summed E-state index contributed by atoms with van der Waals surface area (Å²) in [6.45, 7) is 3.91. The largest absolute Gasteiger partial charge is 0.397 e. The molecule has 0 fully saturated rings. The van der Waals surface area contributed by atoms with Crippen LogP contribution in [0.1, 0.15) is 23.4 Å². The van der Waals surface area contributed by atoms with E-state index in [0.29, 0.717) is 10.6 Å². The molecule has 2 aromatic rings. The van der Waals surface area contributed by atoms with Crippen LogP contribution >= 0.6 is 22.9 Å². The standard InChI is InChI=1S/C13H16ClN3O2S2/c1-8-5-10(6-11(15)12(8)14)21(18,19)17-7-9(2)13-16-3-4-20-13/h3-6,9,17H,7,15H2,1-2H3. The van der Waals surface area contributed by atoms with Gasteiger partial charge >= 0.3 is 0 Å². The van der Waals surface area contributed by atoms with E-state index in [4.69, 9.17) is 17.3 Å². The van der Waals surface area contributed by atoms with Crippen LogP contribution in [0.15, 0.2) is 28.6 Å². The van der Waals surface area contributed by atoms with E-state index in [1.54, 1.807) is 13.1 Å². The monoisotopic (exact) mass is 345 g/mol. The molecule has 3 N–H and O–H groups in total. The van der Waals surface area contributed by atoms with Crippen LogP contribution in [0.2, 0.25) is 5.02 Å². The minimum absolute atomic E-state index is 0.00511. The first kappa shape index (κ1) is 16.2. The van der Waals surface area contributed by atoms with Gasteiger partial charge in [-0.1, -0.05) is 18.5 Å². The number of aromatic nitrogens is 1. The smallest absolute Gasteiger partial charge is 0.240 e. The van der Waals surface area contributed by atoms with Gasteiger partial charge in [0.1, 0.15) is 0 Å². The summed E-state index contributed by atoms with van der Waals surface area (Å²) in [7, 11) is -3.62. The van der Waals surface area contributed by atoms with Crippen LogP contribution in [0.25, 0.3) is 0 Å². The number of sulfonamides is 1. The number of hydrogen-bond donors (Lipinski definition) is 2. The first-order valence-corrected chi connectivity index (χ1v) is 9.00. The fourth-order valence-electron chi connectivity index (χ4n) is 1.80. The molecular weight excluding hydrogens is 330 g/mol. The molecule has 1 atom stereocenters. The minimum atomic E-state index is -3.62. The number of halogens is 1. The SMILES string of the molecule is Cc1cc(S(=O)(=O)NCC(C)c2nccs2)cc(N)c1Cl. The number of nitrogens with zero attached hydrogens (tertiary/aromatic N) is 1. The lowest BCUT2D eigenvalue weighted by atomic mass is 10.2. The van der Waals surface area contributed by atoms with E-state index < -0.39 is 10.0 Å². The fourth-order valence-corrected chi connectivity index (χ4v) is 3.86. The first-order valence-electron chi connectivity index (χ1n) is 6.26. The lowest BCUT2D eigenvalue weighted by Crippen LogP contribution is -2.27. The van der Waals surface area contributed by atoms with Gasteiger partial charge in [-0.15, -0.1) is 11.3 Å². The van der Waals surface area contributed by atoms with Crippen molar-refractivity contribution < 1.29 is 8.42 Å². The minimum Gasteiger partial charge on any atom is -0.397 e.